The molecule has 2 N–H and O–H groups in total. The predicted molar refractivity (Wildman–Crippen MR) is 106 cm³/mol. The molecule has 2 fully saturated rings. The summed E-state index contributed by atoms with van der Waals surface area (Å²) in [5, 5.41) is 3.32. The van der Waals surface area contributed by atoms with Crippen molar-refractivity contribution in [2.75, 3.05) is 4.90 Å². The van der Waals surface area contributed by atoms with Crippen molar-refractivity contribution >= 4 is 23.5 Å². The van der Waals surface area contributed by atoms with Gasteiger partial charge in [-0.25, -0.2) is 9.79 Å². The monoisotopic (exact) mass is 476 g/mol. The quantitative estimate of drug-likeness (QED) is 0.620. The number of rotatable bonds is 2. The van der Waals surface area contributed by atoms with Crippen LogP contribution in [0.25, 0.3) is 0 Å². The molecule has 1 saturated carbocycles. The summed E-state index contributed by atoms with van der Waals surface area (Å²) in [7, 11) is 0. The van der Waals surface area contributed by atoms with Crippen LogP contribution in [0.2, 0.25) is 0 Å². The lowest BCUT2D eigenvalue weighted by molar-refractivity contribution is -0.318. The SMILES string of the molecule is Cc1ccc(N2C(=O)NC(=O)C3C2N=C(C2CCCCC2)NC3(C(F)(F)F)C(F)(F)F)cc1. The van der Waals surface area contributed by atoms with Gasteiger partial charge in [-0.05, 0) is 31.9 Å². The Morgan fingerprint density at radius 2 is 1.55 bits per heavy atom. The molecular formula is C21H22F6N4O2. The molecule has 3 aliphatic rings. The van der Waals surface area contributed by atoms with E-state index in [1.54, 1.807) is 29.7 Å². The van der Waals surface area contributed by atoms with Crippen molar-refractivity contribution in [3.05, 3.63) is 29.8 Å². The molecule has 2 atom stereocenters. The first kappa shape index (κ1) is 23.4. The van der Waals surface area contributed by atoms with Gasteiger partial charge >= 0.3 is 18.4 Å². The first-order chi connectivity index (χ1) is 15.4. The molecule has 4 rings (SSSR count). The van der Waals surface area contributed by atoms with E-state index in [-0.39, 0.29) is 5.69 Å². The molecule has 12 heteroatoms. The maximum Gasteiger partial charge on any atom is 0.421 e. The van der Waals surface area contributed by atoms with Gasteiger partial charge in [0.15, 0.2) is 0 Å². The number of aliphatic imine (C=N–C) groups is 1. The number of hydrogen-bond donors (Lipinski definition) is 2. The summed E-state index contributed by atoms with van der Waals surface area (Å²) in [5.41, 5.74) is -3.81. The van der Waals surface area contributed by atoms with E-state index in [0.29, 0.717) is 30.6 Å². The zero-order valence-electron chi connectivity index (χ0n) is 17.6. The van der Waals surface area contributed by atoms with Crippen molar-refractivity contribution < 1.29 is 35.9 Å². The second-order valence-corrected chi connectivity index (χ2v) is 8.67. The Hall–Kier alpha value is -2.79. The smallest absolute Gasteiger partial charge is 0.352 e. The lowest BCUT2D eigenvalue weighted by Crippen LogP contribution is -2.81. The number of benzene rings is 1. The topological polar surface area (TPSA) is 73.8 Å². The summed E-state index contributed by atoms with van der Waals surface area (Å²) in [6, 6.07) is 4.77. The van der Waals surface area contributed by atoms with Gasteiger partial charge in [-0.15, -0.1) is 0 Å². The number of nitrogens with one attached hydrogen (secondary N) is 2. The molecule has 3 amide bonds. The zero-order chi connectivity index (χ0) is 24.2. The molecule has 0 bridgehead atoms. The van der Waals surface area contributed by atoms with Crippen molar-refractivity contribution in [2.24, 2.45) is 16.8 Å². The van der Waals surface area contributed by atoms with Gasteiger partial charge in [-0.2, -0.15) is 26.3 Å². The molecule has 0 spiro atoms. The highest BCUT2D eigenvalue weighted by Crippen LogP contribution is 2.52. The lowest BCUT2D eigenvalue weighted by atomic mass is 9.75. The fourth-order valence-electron chi connectivity index (χ4n) is 4.87. The molecule has 6 nitrogen and oxygen atoms in total. The number of carbonyl (C=O) groups is 2. The van der Waals surface area contributed by atoms with E-state index in [0.717, 1.165) is 12.0 Å². The summed E-state index contributed by atoms with van der Waals surface area (Å²) in [6.07, 6.45) is -11.0. The standard InChI is InChI=1S/C21H22F6N4O2/c1-11-7-9-13(10-8-11)31-16-14(17(32)29-18(31)33)19(20(22,23)24,21(25,26)27)30-15(28-16)12-5-3-2-4-6-12/h7-10,12,14,16H,2-6H2,1H3,(H,28,30)(H,29,32,33). The van der Waals surface area contributed by atoms with Gasteiger partial charge in [0.1, 0.15) is 17.9 Å². The number of amides is 3. The minimum absolute atomic E-state index is 0.0347. The van der Waals surface area contributed by atoms with Crippen molar-refractivity contribution in [3.63, 3.8) is 0 Å². The molecule has 1 aliphatic carbocycles. The van der Waals surface area contributed by atoms with Crippen LogP contribution in [-0.4, -0.2) is 41.8 Å². The Morgan fingerprint density at radius 1 is 0.970 bits per heavy atom. The molecule has 1 aromatic carbocycles. The summed E-state index contributed by atoms with van der Waals surface area (Å²) < 4.78 is 86.0. The number of carbonyl (C=O) groups excluding carboxylic acids is 2. The molecule has 180 valence electrons. The maximum atomic E-state index is 14.3. The van der Waals surface area contributed by atoms with E-state index >= 15 is 0 Å². The van der Waals surface area contributed by atoms with Crippen LogP contribution in [0.1, 0.15) is 37.7 Å². The average molecular weight is 476 g/mol. The predicted octanol–water partition coefficient (Wildman–Crippen LogP) is 4.44. The normalized spacial score (nSPS) is 26.3. The number of imide groups is 1. The maximum absolute atomic E-state index is 14.3. The molecule has 2 heterocycles. The van der Waals surface area contributed by atoms with Crippen molar-refractivity contribution in [1.82, 2.24) is 10.6 Å². The van der Waals surface area contributed by atoms with Crippen LogP contribution in [0.4, 0.5) is 36.8 Å². The van der Waals surface area contributed by atoms with Gasteiger partial charge in [0.05, 0.1) is 0 Å². The molecule has 1 saturated heterocycles. The number of halogens is 6. The number of nitrogens with zero attached hydrogens (tertiary/aromatic N) is 2. The van der Waals surface area contributed by atoms with E-state index < -0.39 is 53.7 Å². The van der Waals surface area contributed by atoms with E-state index in [9.17, 15) is 35.9 Å². The molecule has 2 aliphatic heterocycles. The minimum Gasteiger partial charge on any atom is -0.352 e. The molecule has 1 aromatic rings. The molecule has 0 aromatic heterocycles. The average Bonchev–Trinajstić information content (AvgIpc) is 2.73. The van der Waals surface area contributed by atoms with E-state index in [2.05, 4.69) is 4.99 Å². The third-order valence-electron chi connectivity index (χ3n) is 6.56. The van der Waals surface area contributed by atoms with Crippen molar-refractivity contribution in [2.45, 2.75) is 63.1 Å². The van der Waals surface area contributed by atoms with E-state index in [1.165, 1.54) is 12.1 Å². The third kappa shape index (κ3) is 3.72. The molecule has 33 heavy (non-hydrogen) atoms. The summed E-state index contributed by atoms with van der Waals surface area (Å²) in [4.78, 5) is 30.2. The van der Waals surface area contributed by atoms with Crippen LogP contribution in [0, 0.1) is 18.8 Å². The highest BCUT2D eigenvalue weighted by Gasteiger charge is 2.80. The highest BCUT2D eigenvalue weighted by molar-refractivity contribution is 6.09. The van der Waals surface area contributed by atoms with Gasteiger partial charge in [-0.1, -0.05) is 37.0 Å². The largest absolute Gasteiger partial charge is 0.421 e. The number of anilines is 1. The fourth-order valence-corrected chi connectivity index (χ4v) is 4.87. The Balaban J connectivity index is 1.94. The summed E-state index contributed by atoms with van der Waals surface area (Å²) in [6.45, 7) is 1.73. The van der Waals surface area contributed by atoms with Crippen molar-refractivity contribution in [1.29, 1.82) is 0 Å². The number of urea groups is 1. The number of fused-ring (bicyclic) bond motifs is 1. The van der Waals surface area contributed by atoms with Crippen LogP contribution in [-0.2, 0) is 4.79 Å². The Morgan fingerprint density at radius 3 is 2.09 bits per heavy atom. The van der Waals surface area contributed by atoms with Gasteiger partial charge in [0, 0.05) is 11.6 Å². The Labute approximate surface area is 185 Å². The van der Waals surface area contributed by atoms with E-state index in [1.807, 2.05) is 0 Å². The highest BCUT2D eigenvalue weighted by atomic mass is 19.4. The van der Waals surface area contributed by atoms with Crippen molar-refractivity contribution in [3.8, 4) is 0 Å². The zero-order valence-corrected chi connectivity index (χ0v) is 17.6. The Kier molecular flexibility index (Phi) is 5.60. The van der Waals surface area contributed by atoms with Crippen LogP contribution in [0.3, 0.4) is 0 Å². The summed E-state index contributed by atoms with van der Waals surface area (Å²) in [5.74, 6) is -5.58. The minimum atomic E-state index is -5.90. The first-order valence-corrected chi connectivity index (χ1v) is 10.6. The first-order valence-electron chi connectivity index (χ1n) is 10.6. The van der Waals surface area contributed by atoms with Gasteiger partial charge in [0.25, 0.3) is 0 Å². The number of aryl methyl sites for hydroxylation is 1. The number of hydrogen-bond acceptors (Lipinski definition) is 4. The van der Waals surface area contributed by atoms with E-state index in [4.69, 9.17) is 0 Å². The number of amidine groups is 1. The summed E-state index contributed by atoms with van der Waals surface area (Å²) >= 11 is 0. The molecule has 0 radical (unpaired) electrons. The van der Waals surface area contributed by atoms with Crippen LogP contribution in [0.15, 0.2) is 29.3 Å². The Bertz CT molecular complexity index is 952. The molecule has 2 unspecified atom stereocenters. The lowest BCUT2D eigenvalue weighted by Gasteiger charge is -2.52. The second-order valence-electron chi connectivity index (χ2n) is 8.67. The van der Waals surface area contributed by atoms with Gasteiger partial charge in [-0.3, -0.25) is 15.0 Å². The van der Waals surface area contributed by atoms with Crippen LogP contribution in [0.5, 0.6) is 0 Å². The molecular weight excluding hydrogens is 454 g/mol. The second kappa shape index (κ2) is 7.91. The third-order valence-corrected chi connectivity index (χ3v) is 6.56. The fraction of sp³-hybridized carbons (Fsp3) is 0.571. The van der Waals surface area contributed by atoms with Crippen LogP contribution >= 0.6 is 0 Å². The van der Waals surface area contributed by atoms with Gasteiger partial charge < -0.3 is 5.32 Å². The van der Waals surface area contributed by atoms with Crippen LogP contribution < -0.4 is 15.5 Å². The van der Waals surface area contributed by atoms with Gasteiger partial charge in [0.2, 0.25) is 11.4 Å². The number of alkyl halides is 6.